The number of halogens is 2. The topological polar surface area (TPSA) is 84.0 Å². The number of ether oxygens (including phenoxy) is 1. The largest absolute Gasteiger partial charge is 0.488 e. The molecule has 0 aliphatic carbocycles. The van der Waals surface area contributed by atoms with Crippen molar-refractivity contribution >= 4 is 12.0 Å². The van der Waals surface area contributed by atoms with Gasteiger partial charge >= 0.3 is 0 Å². The number of amides is 1. The summed E-state index contributed by atoms with van der Waals surface area (Å²) in [5.74, 6) is -0.626. The Morgan fingerprint density at radius 2 is 1.89 bits per heavy atom. The summed E-state index contributed by atoms with van der Waals surface area (Å²) in [5, 5.41) is 17.2. The van der Waals surface area contributed by atoms with Crippen molar-refractivity contribution in [1.29, 1.82) is 5.26 Å². The molecule has 0 radical (unpaired) electrons. The first kappa shape index (κ1) is 23.9. The van der Waals surface area contributed by atoms with Crippen molar-refractivity contribution in [3.8, 4) is 11.8 Å². The maximum absolute atomic E-state index is 14.5. The van der Waals surface area contributed by atoms with E-state index in [-0.39, 0.29) is 31.2 Å². The SMILES string of the molecule is N#Cc1ccc(Cn2cnnc2CN(Cc2ccc(F)cc2F)C(=O)C2=Cc3ccccc3OC2)cc1. The first-order valence-corrected chi connectivity index (χ1v) is 11.5. The molecule has 7 nitrogen and oxygen atoms in total. The lowest BCUT2D eigenvalue weighted by molar-refractivity contribution is -0.128. The Balaban J connectivity index is 1.43. The number of nitriles is 1. The second kappa shape index (κ2) is 10.4. The molecule has 0 spiro atoms. The molecule has 9 heteroatoms. The van der Waals surface area contributed by atoms with Gasteiger partial charge in [-0.15, -0.1) is 10.2 Å². The molecule has 37 heavy (non-hydrogen) atoms. The third-order valence-electron chi connectivity index (χ3n) is 6.03. The molecule has 184 valence electrons. The number of carbonyl (C=O) groups is 1. The van der Waals surface area contributed by atoms with Crippen molar-refractivity contribution < 1.29 is 18.3 Å². The van der Waals surface area contributed by atoms with Crippen molar-refractivity contribution in [3.05, 3.63) is 118 Å². The summed E-state index contributed by atoms with van der Waals surface area (Å²) in [4.78, 5) is 15.1. The number of benzene rings is 3. The molecular weight excluding hydrogens is 476 g/mol. The zero-order valence-electron chi connectivity index (χ0n) is 19.6. The van der Waals surface area contributed by atoms with E-state index in [4.69, 9.17) is 10.00 Å². The lowest BCUT2D eigenvalue weighted by atomic mass is 10.1. The van der Waals surface area contributed by atoms with Crippen LogP contribution in [0.1, 0.15) is 28.1 Å². The summed E-state index contributed by atoms with van der Waals surface area (Å²) in [6.45, 7) is 0.412. The summed E-state index contributed by atoms with van der Waals surface area (Å²) >= 11 is 0. The van der Waals surface area contributed by atoms with E-state index in [1.54, 1.807) is 29.1 Å². The number of para-hydroxylation sites is 1. The molecule has 0 atom stereocenters. The lowest BCUT2D eigenvalue weighted by Crippen LogP contribution is -2.34. The molecule has 4 aromatic rings. The molecule has 0 fully saturated rings. The quantitative estimate of drug-likeness (QED) is 0.376. The van der Waals surface area contributed by atoms with Gasteiger partial charge in [0, 0.05) is 23.7 Å². The van der Waals surface area contributed by atoms with Gasteiger partial charge in [-0.1, -0.05) is 36.4 Å². The van der Waals surface area contributed by atoms with Crippen LogP contribution in [0.4, 0.5) is 8.78 Å². The number of rotatable bonds is 7. The molecule has 1 aliphatic heterocycles. The third kappa shape index (κ3) is 5.38. The minimum Gasteiger partial charge on any atom is -0.488 e. The Bertz CT molecular complexity index is 1520. The number of nitrogens with zero attached hydrogens (tertiary/aromatic N) is 5. The van der Waals surface area contributed by atoms with Gasteiger partial charge in [-0.05, 0) is 35.9 Å². The highest BCUT2D eigenvalue weighted by molar-refractivity contribution is 5.99. The Kier molecular flexibility index (Phi) is 6.72. The minimum absolute atomic E-state index is 0.0327. The zero-order chi connectivity index (χ0) is 25.8. The molecule has 0 bridgehead atoms. The summed E-state index contributed by atoms with van der Waals surface area (Å²) in [7, 11) is 0. The van der Waals surface area contributed by atoms with Gasteiger partial charge in [0.25, 0.3) is 5.91 Å². The van der Waals surface area contributed by atoms with Crippen LogP contribution in [0.25, 0.3) is 6.08 Å². The van der Waals surface area contributed by atoms with Crippen LogP contribution in [0.15, 0.2) is 78.6 Å². The molecule has 2 heterocycles. The van der Waals surface area contributed by atoms with E-state index in [9.17, 15) is 13.6 Å². The van der Waals surface area contributed by atoms with Crippen molar-refractivity contribution in [2.45, 2.75) is 19.6 Å². The molecule has 1 aromatic heterocycles. The monoisotopic (exact) mass is 497 g/mol. The van der Waals surface area contributed by atoms with Crippen LogP contribution in [-0.2, 0) is 24.4 Å². The molecule has 1 amide bonds. The number of fused-ring (bicyclic) bond motifs is 1. The lowest BCUT2D eigenvalue weighted by Gasteiger charge is -2.26. The van der Waals surface area contributed by atoms with Crippen LogP contribution < -0.4 is 4.74 Å². The van der Waals surface area contributed by atoms with Crippen molar-refractivity contribution in [2.24, 2.45) is 0 Å². The molecular formula is C28H21F2N5O2. The van der Waals surface area contributed by atoms with Gasteiger partial charge in [-0.2, -0.15) is 5.26 Å². The first-order valence-electron chi connectivity index (χ1n) is 11.5. The van der Waals surface area contributed by atoms with Gasteiger partial charge < -0.3 is 14.2 Å². The maximum atomic E-state index is 14.5. The van der Waals surface area contributed by atoms with Gasteiger partial charge in [0.15, 0.2) is 5.82 Å². The third-order valence-corrected chi connectivity index (χ3v) is 6.03. The molecule has 5 rings (SSSR count). The molecule has 0 N–H and O–H groups in total. The van der Waals surface area contributed by atoms with Crippen LogP contribution in [0.3, 0.4) is 0 Å². The van der Waals surface area contributed by atoms with Gasteiger partial charge in [0.05, 0.1) is 30.3 Å². The second-order valence-corrected chi connectivity index (χ2v) is 8.58. The molecule has 1 aliphatic rings. The maximum Gasteiger partial charge on any atom is 0.253 e. The number of aromatic nitrogens is 3. The van der Waals surface area contributed by atoms with Crippen molar-refractivity contribution in [3.63, 3.8) is 0 Å². The van der Waals surface area contributed by atoms with Gasteiger partial charge in [0.1, 0.15) is 30.3 Å². The van der Waals surface area contributed by atoms with Gasteiger partial charge in [-0.3, -0.25) is 4.79 Å². The summed E-state index contributed by atoms with van der Waals surface area (Å²) in [6.07, 6.45) is 3.31. The van der Waals surface area contributed by atoms with Crippen molar-refractivity contribution in [2.75, 3.05) is 6.61 Å². The standard InChI is InChI=1S/C28H21F2N5O2/c29-24-10-9-22(25(30)12-24)15-34(28(36)23-11-21-3-1-2-4-26(21)37-17-23)16-27-33-32-18-35(27)14-20-7-5-19(13-31)6-8-20/h1-12,18H,14-17H2. The number of carbonyl (C=O) groups excluding carboxylic acids is 1. The second-order valence-electron chi connectivity index (χ2n) is 8.58. The fraction of sp³-hybridized carbons (Fsp3) is 0.143. The van der Waals surface area contributed by atoms with Crippen LogP contribution >= 0.6 is 0 Å². The summed E-state index contributed by atoms with van der Waals surface area (Å²) in [6, 6.07) is 19.9. The minimum atomic E-state index is -0.740. The average molecular weight is 498 g/mol. The average Bonchev–Trinajstić information content (AvgIpc) is 3.35. The molecule has 3 aromatic carbocycles. The highest BCUT2D eigenvalue weighted by atomic mass is 19.1. The Morgan fingerprint density at radius 1 is 1.08 bits per heavy atom. The van der Waals surface area contributed by atoms with Crippen LogP contribution in [0, 0.1) is 23.0 Å². The van der Waals surface area contributed by atoms with Crippen LogP contribution in [0.2, 0.25) is 0 Å². The Labute approximate surface area is 211 Å². The highest BCUT2D eigenvalue weighted by Crippen LogP contribution is 2.27. The zero-order valence-corrected chi connectivity index (χ0v) is 19.6. The molecule has 0 saturated heterocycles. The predicted molar refractivity (Wildman–Crippen MR) is 131 cm³/mol. The van der Waals surface area contributed by atoms with Gasteiger partial charge in [-0.25, -0.2) is 8.78 Å². The number of hydrogen-bond acceptors (Lipinski definition) is 5. The molecule has 0 saturated carbocycles. The van der Waals surface area contributed by atoms with E-state index in [0.29, 0.717) is 29.3 Å². The van der Waals surface area contributed by atoms with E-state index in [2.05, 4.69) is 16.3 Å². The van der Waals surface area contributed by atoms with Crippen molar-refractivity contribution in [1.82, 2.24) is 19.7 Å². The summed E-state index contributed by atoms with van der Waals surface area (Å²) in [5.41, 5.74) is 2.82. The fourth-order valence-corrected chi connectivity index (χ4v) is 4.08. The van der Waals surface area contributed by atoms with E-state index in [1.807, 2.05) is 36.4 Å². The highest BCUT2D eigenvalue weighted by Gasteiger charge is 2.25. The normalized spacial score (nSPS) is 12.2. The number of hydrogen-bond donors (Lipinski definition) is 0. The first-order chi connectivity index (χ1) is 18.0. The fourth-order valence-electron chi connectivity index (χ4n) is 4.08. The van der Waals surface area contributed by atoms with E-state index >= 15 is 0 Å². The smallest absolute Gasteiger partial charge is 0.253 e. The van der Waals surface area contributed by atoms with E-state index in [0.717, 1.165) is 23.3 Å². The predicted octanol–water partition coefficient (Wildman–Crippen LogP) is 4.48. The van der Waals surface area contributed by atoms with Crippen LogP contribution in [0.5, 0.6) is 5.75 Å². The van der Waals surface area contributed by atoms with E-state index < -0.39 is 11.6 Å². The van der Waals surface area contributed by atoms with E-state index in [1.165, 1.54) is 11.0 Å². The van der Waals surface area contributed by atoms with Crippen LogP contribution in [-0.4, -0.2) is 32.2 Å². The molecule has 0 unspecified atom stereocenters. The Morgan fingerprint density at radius 3 is 2.68 bits per heavy atom. The summed E-state index contributed by atoms with van der Waals surface area (Å²) < 4.78 is 35.6. The Hall–Kier alpha value is -4.84. The van der Waals surface area contributed by atoms with Gasteiger partial charge in [0.2, 0.25) is 0 Å².